The molecular formula is C11H18O3. The van der Waals surface area contributed by atoms with E-state index in [1.165, 1.54) is 0 Å². The topological polar surface area (TPSA) is 38.7 Å². The molecule has 2 fully saturated rings. The van der Waals surface area contributed by atoms with Crippen LogP contribution in [0.5, 0.6) is 0 Å². The number of allylic oxidation sites excluding steroid dienone is 1. The summed E-state index contributed by atoms with van der Waals surface area (Å²) in [6, 6.07) is 0. The Bertz CT molecular complexity index is 248. The minimum Gasteiger partial charge on any atom is -0.386 e. The molecule has 3 heteroatoms. The van der Waals surface area contributed by atoms with Gasteiger partial charge < -0.3 is 14.6 Å². The Morgan fingerprint density at radius 3 is 2.36 bits per heavy atom. The Morgan fingerprint density at radius 1 is 1.29 bits per heavy atom. The van der Waals surface area contributed by atoms with E-state index in [1.807, 2.05) is 26.8 Å². The third kappa shape index (κ3) is 1.31. The minimum absolute atomic E-state index is 0.00574. The van der Waals surface area contributed by atoms with Gasteiger partial charge in [-0.1, -0.05) is 13.0 Å². The molecule has 1 saturated carbocycles. The predicted molar refractivity (Wildman–Crippen MR) is 52.8 cm³/mol. The fourth-order valence-corrected chi connectivity index (χ4v) is 2.53. The van der Waals surface area contributed by atoms with Gasteiger partial charge in [0.2, 0.25) is 0 Å². The fraction of sp³-hybridized carbons (Fsp3) is 0.818. The zero-order valence-corrected chi connectivity index (χ0v) is 9.15. The lowest BCUT2D eigenvalue weighted by atomic mass is 10.0. The van der Waals surface area contributed by atoms with Gasteiger partial charge in [0.25, 0.3) is 0 Å². The van der Waals surface area contributed by atoms with E-state index in [1.54, 1.807) is 0 Å². The number of aliphatic hydroxyl groups is 1. The van der Waals surface area contributed by atoms with E-state index in [0.717, 1.165) is 5.57 Å². The van der Waals surface area contributed by atoms with Crippen molar-refractivity contribution in [1.82, 2.24) is 0 Å². The van der Waals surface area contributed by atoms with Crippen molar-refractivity contribution < 1.29 is 14.6 Å². The first kappa shape index (κ1) is 10.1. The molecule has 0 amide bonds. The summed E-state index contributed by atoms with van der Waals surface area (Å²) in [5.74, 6) is -0.300. The van der Waals surface area contributed by atoms with Crippen molar-refractivity contribution in [3.63, 3.8) is 0 Å². The fourth-order valence-electron chi connectivity index (χ4n) is 2.53. The van der Waals surface area contributed by atoms with E-state index < -0.39 is 11.9 Å². The molecule has 14 heavy (non-hydrogen) atoms. The van der Waals surface area contributed by atoms with Crippen LogP contribution in [0.4, 0.5) is 0 Å². The zero-order valence-electron chi connectivity index (χ0n) is 9.15. The van der Waals surface area contributed by atoms with Gasteiger partial charge in [-0.3, -0.25) is 0 Å². The normalized spacial score (nSPS) is 48.5. The van der Waals surface area contributed by atoms with Crippen LogP contribution < -0.4 is 0 Å². The van der Waals surface area contributed by atoms with Gasteiger partial charge >= 0.3 is 0 Å². The molecule has 1 heterocycles. The van der Waals surface area contributed by atoms with Crippen LogP contribution in [0, 0.1) is 5.92 Å². The highest BCUT2D eigenvalue weighted by Gasteiger charge is 2.54. The van der Waals surface area contributed by atoms with Crippen molar-refractivity contribution in [3.05, 3.63) is 11.6 Å². The van der Waals surface area contributed by atoms with Gasteiger partial charge in [-0.2, -0.15) is 0 Å². The molecule has 0 radical (unpaired) electrons. The van der Waals surface area contributed by atoms with Gasteiger partial charge in [0.15, 0.2) is 5.79 Å². The maximum atomic E-state index is 9.99. The average Bonchev–Trinajstić information content (AvgIpc) is 2.50. The van der Waals surface area contributed by atoms with Crippen molar-refractivity contribution >= 4 is 0 Å². The van der Waals surface area contributed by atoms with Crippen LogP contribution in [-0.2, 0) is 9.47 Å². The van der Waals surface area contributed by atoms with E-state index in [2.05, 4.69) is 6.92 Å². The van der Waals surface area contributed by atoms with Crippen LogP contribution in [0.25, 0.3) is 0 Å². The van der Waals surface area contributed by atoms with Crippen LogP contribution in [0.2, 0.25) is 0 Å². The lowest BCUT2D eigenvalue weighted by molar-refractivity contribution is -0.160. The molecule has 3 nitrogen and oxygen atoms in total. The van der Waals surface area contributed by atoms with E-state index in [-0.39, 0.29) is 18.1 Å². The third-order valence-electron chi connectivity index (χ3n) is 3.17. The molecule has 2 rings (SSSR count). The Kier molecular flexibility index (Phi) is 2.21. The molecule has 0 aromatic heterocycles. The van der Waals surface area contributed by atoms with E-state index in [0.29, 0.717) is 0 Å². The molecule has 2 aliphatic rings. The highest BCUT2D eigenvalue weighted by molar-refractivity contribution is 5.23. The minimum atomic E-state index is -0.552. The molecule has 1 aliphatic carbocycles. The summed E-state index contributed by atoms with van der Waals surface area (Å²) in [7, 11) is 0. The molecule has 4 atom stereocenters. The maximum Gasteiger partial charge on any atom is 0.163 e. The second-order valence-corrected chi connectivity index (χ2v) is 4.59. The van der Waals surface area contributed by atoms with E-state index in [4.69, 9.17) is 9.47 Å². The van der Waals surface area contributed by atoms with Crippen molar-refractivity contribution in [1.29, 1.82) is 0 Å². The quantitative estimate of drug-likeness (QED) is 0.599. The second kappa shape index (κ2) is 3.05. The molecule has 0 aromatic rings. The van der Waals surface area contributed by atoms with Crippen LogP contribution in [-0.4, -0.2) is 29.2 Å². The number of hydrogen-bond acceptors (Lipinski definition) is 3. The SMILES string of the molecule is C/C=C1/[C@H](C)[C@@H]2OC(C)(C)O[C@@H]2[C@H]1O. The first-order chi connectivity index (χ1) is 6.46. The van der Waals surface area contributed by atoms with Gasteiger partial charge in [-0.25, -0.2) is 0 Å². The smallest absolute Gasteiger partial charge is 0.163 e. The summed E-state index contributed by atoms with van der Waals surface area (Å²) >= 11 is 0. The van der Waals surface area contributed by atoms with Crippen LogP contribution in [0.15, 0.2) is 11.6 Å². The monoisotopic (exact) mass is 198 g/mol. The van der Waals surface area contributed by atoms with Crippen LogP contribution >= 0.6 is 0 Å². The van der Waals surface area contributed by atoms with Crippen molar-refractivity contribution in [2.75, 3.05) is 0 Å². The summed E-state index contributed by atoms with van der Waals surface area (Å²) in [6.45, 7) is 7.80. The number of aliphatic hydroxyl groups excluding tert-OH is 1. The number of rotatable bonds is 0. The highest BCUT2D eigenvalue weighted by Crippen LogP contribution is 2.44. The summed E-state index contributed by atoms with van der Waals surface area (Å²) in [6.07, 6.45) is 1.28. The van der Waals surface area contributed by atoms with Crippen LogP contribution in [0.3, 0.4) is 0 Å². The summed E-state index contributed by atoms with van der Waals surface area (Å²) in [5.41, 5.74) is 1.04. The van der Waals surface area contributed by atoms with Crippen molar-refractivity contribution in [3.8, 4) is 0 Å². The molecule has 0 unspecified atom stereocenters. The Hall–Kier alpha value is -0.380. The first-order valence-electron chi connectivity index (χ1n) is 5.16. The van der Waals surface area contributed by atoms with Crippen LogP contribution in [0.1, 0.15) is 27.7 Å². The molecule has 1 aliphatic heterocycles. The predicted octanol–water partition coefficient (Wildman–Crippen LogP) is 1.46. The lowest BCUT2D eigenvalue weighted by Crippen LogP contribution is -2.29. The third-order valence-corrected chi connectivity index (χ3v) is 3.17. The Labute approximate surface area is 84.7 Å². The summed E-state index contributed by atoms with van der Waals surface area (Å²) in [4.78, 5) is 0. The molecule has 0 bridgehead atoms. The number of fused-ring (bicyclic) bond motifs is 1. The summed E-state index contributed by atoms with van der Waals surface area (Å²) in [5, 5.41) is 9.99. The Morgan fingerprint density at radius 2 is 1.86 bits per heavy atom. The molecule has 0 spiro atoms. The molecule has 1 N–H and O–H groups in total. The maximum absolute atomic E-state index is 9.99. The highest BCUT2D eigenvalue weighted by atomic mass is 16.8. The number of ether oxygens (including phenoxy) is 2. The molecular weight excluding hydrogens is 180 g/mol. The second-order valence-electron chi connectivity index (χ2n) is 4.59. The van der Waals surface area contributed by atoms with Gasteiger partial charge in [0, 0.05) is 5.92 Å². The van der Waals surface area contributed by atoms with Gasteiger partial charge in [0.05, 0.1) is 6.10 Å². The standard InChI is InChI=1S/C11H18O3/c1-5-7-6(2)9-10(8(7)12)14-11(3,4)13-9/h5-6,8-10,12H,1-4H3/b7-5-/t6-,8-,9-,10+/m0/s1. The molecule has 1 saturated heterocycles. The number of hydrogen-bond donors (Lipinski definition) is 1. The lowest BCUT2D eigenvalue weighted by Gasteiger charge is -2.22. The molecule has 0 aromatic carbocycles. The average molecular weight is 198 g/mol. The Balaban J connectivity index is 2.25. The largest absolute Gasteiger partial charge is 0.386 e. The van der Waals surface area contributed by atoms with Gasteiger partial charge in [0.1, 0.15) is 12.2 Å². The van der Waals surface area contributed by atoms with Crippen molar-refractivity contribution in [2.45, 2.75) is 51.8 Å². The summed E-state index contributed by atoms with van der Waals surface area (Å²) < 4.78 is 11.4. The van der Waals surface area contributed by atoms with Crippen molar-refractivity contribution in [2.24, 2.45) is 5.92 Å². The molecule has 80 valence electrons. The van der Waals surface area contributed by atoms with Gasteiger partial charge in [-0.15, -0.1) is 0 Å². The van der Waals surface area contributed by atoms with E-state index >= 15 is 0 Å². The first-order valence-corrected chi connectivity index (χ1v) is 5.16. The van der Waals surface area contributed by atoms with E-state index in [9.17, 15) is 5.11 Å². The zero-order chi connectivity index (χ0) is 10.5. The van der Waals surface area contributed by atoms with Gasteiger partial charge in [-0.05, 0) is 26.3 Å².